The predicted molar refractivity (Wildman–Crippen MR) is 152 cm³/mol. The number of halogens is 3. The highest BCUT2D eigenvalue weighted by atomic mass is 19.4. The maximum atomic E-state index is 13.4. The number of carbonyl (C=O) groups is 5. The fourth-order valence-electron chi connectivity index (χ4n) is 4.52. The van der Waals surface area contributed by atoms with Crippen molar-refractivity contribution in [1.82, 2.24) is 15.5 Å². The first-order chi connectivity index (χ1) is 20.4. The molecule has 14 heteroatoms. The lowest BCUT2D eigenvalue weighted by atomic mass is 9.82. The Kier molecular flexibility index (Phi) is 9.86. The van der Waals surface area contributed by atoms with E-state index in [0.717, 1.165) is 6.92 Å². The number of rotatable bonds is 9. The lowest BCUT2D eigenvalue weighted by molar-refractivity contribution is -0.202. The van der Waals surface area contributed by atoms with E-state index >= 15 is 0 Å². The number of fused-ring (bicyclic) bond motifs is 1. The van der Waals surface area contributed by atoms with Crippen molar-refractivity contribution in [2.75, 3.05) is 20.2 Å². The molecule has 1 atom stereocenters. The summed E-state index contributed by atoms with van der Waals surface area (Å²) < 4.78 is 46.7. The summed E-state index contributed by atoms with van der Waals surface area (Å²) in [6.45, 7) is 8.55. The Bertz CT molecular complexity index is 1530. The van der Waals surface area contributed by atoms with Crippen LogP contribution in [0.1, 0.15) is 82.4 Å². The van der Waals surface area contributed by atoms with E-state index < -0.39 is 35.5 Å². The fourth-order valence-corrected chi connectivity index (χ4v) is 4.52. The number of nitrogens with zero attached hydrogens (tertiary/aromatic N) is 1. The van der Waals surface area contributed by atoms with Crippen molar-refractivity contribution in [3.05, 3.63) is 63.7 Å². The van der Waals surface area contributed by atoms with E-state index in [9.17, 15) is 37.1 Å². The summed E-state index contributed by atoms with van der Waals surface area (Å²) in [5.74, 6) is -5.43. The lowest BCUT2D eigenvalue weighted by Crippen LogP contribution is -2.42. The van der Waals surface area contributed by atoms with Gasteiger partial charge in [-0.3, -0.25) is 19.8 Å². The number of ketones is 1. The second-order valence-corrected chi connectivity index (χ2v) is 11.1. The van der Waals surface area contributed by atoms with Gasteiger partial charge in [-0.25, -0.2) is 9.59 Å². The highest BCUT2D eigenvalue weighted by Crippen LogP contribution is 2.32. The molecule has 1 heterocycles. The third kappa shape index (κ3) is 7.41. The average Bonchev–Trinajstić information content (AvgIpc) is 3.24. The Morgan fingerprint density at radius 1 is 1.02 bits per heavy atom. The molecule has 1 aliphatic rings. The minimum absolute atomic E-state index is 0.0541. The van der Waals surface area contributed by atoms with E-state index in [2.05, 4.69) is 15.4 Å². The van der Waals surface area contributed by atoms with Gasteiger partial charge in [0.25, 0.3) is 11.8 Å². The summed E-state index contributed by atoms with van der Waals surface area (Å²) in [6, 6.07) is 5.92. The van der Waals surface area contributed by atoms with Gasteiger partial charge in [0.1, 0.15) is 17.6 Å². The third-order valence-electron chi connectivity index (χ3n) is 6.76. The maximum absolute atomic E-state index is 13.4. The zero-order chi connectivity index (χ0) is 33.1. The Hall–Kier alpha value is -4.75. The average molecular weight is 619 g/mol. The van der Waals surface area contributed by atoms with Crippen LogP contribution in [-0.2, 0) is 26.3 Å². The van der Waals surface area contributed by atoms with Gasteiger partial charge in [0, 0.05) is 30.3 Å². The number of nitrogens with one attached hydrogen (secondary N) is 3. The highest BCUT2D eigenvalue weighted by Gasteiger charge is 2.43. The molecule has 0 aromatic heterocycles. The van der Waals surface area contributed by atoms with E-state index in [-0.39, 0.29) is 47.3 Å². The van der Waals surface area contributed by atoms with Crippen molar-refractivity contribution in [1.29, 1.82) is 5.41 Å². The Morgan fingerprint density at radius 3 is 2.25 bits per heavy atom. The number of esters is 2. The number of ether oxygens (including phenoxy) is 2. The minimum Gasteiger partial charge on any atom is -0.493 e. The summed E-state index contributed by atoms with van der Waals surface area (Å²) in [7, 11) is 1.48. The number of hydrogen-bond donors (Lipinski definition) is 3. The fraction of sp³-hybridized carbons (Fsp3) is 0.400. The molecule has 0 saturated carbocycles. The van der Waals surface area contributed by atoms with E-state index in [1.165, 1.54) is 25.2 Å². The molecule has 11 nitrogen and oxygen atoms in total. The van der Waals surface area contributed by atoms with Crippen molar-refractivity contribution in [3.63, 3.8) is 0 Å². The molecule has 1 aliphatic heterocycles. The molecule has 0 fully saturated rings. The monoisotopic (exact) mass is 618 g/mol. The summed E-state index contributed by atoms with van der Waals surface area (Å²) in [5, 5.41) is 13.4. The molecule has 0 spiro atoms. The van der Waals surface area contributed by atoms with Gasteiger partial charge in [0.05, 0.1) is 18.7 Å². The molecular weight excluding hydrogens is 585 g/mol. The third-order valence-corrected chi connectivity index (χ3v) is 6.76. The van der Waals surface area contributed by atoms with Crippen LogP contribution in [0.3, 0.4) is 0 Å². The summed E-state index contributed by atoms with van der Waals surface area (Å²) in [5.41, 5.74) is 1.48. The van der Waals surface area contributed by atoms with Crippen molar-refractivity contribution < 1.29 is 46.6 Å². The SMILES string of the molecule is CCOc1cc2c(cc1C(=O)NC)C(=N)N(CC(=O)c1ccc(C(=O)NC(C)C(=O)OC(=O)C(F)(F)F)c(C(C)(C)C)c1)C2. The number of amides is 2. The Labute approximate surface area is 251 Å². The molecule has 236 valence electrons. The number of alkyl halides is 3. The second kappa shape index (κ2) is 12.9. The van der Waals surface area contributed by atoms with Crippen LogP contribution in [0.25, 0.3) is 0 Å². The smallest absolute Gasteiger partial charge is 0.491 e. The van der Waals surface area contributed by atoms with Crippen LogP contribution in [0.5, 0.6) is 5.75 Å². The van der Waals surface area contributed by atoms with Gasteiger partial charge in [-0.05, 0) is 54.7 Å². The molecule has 3 N–H and O–H groups in total. The molecule has 3 rings (SSSR count). The molecule has 44 heavy (non-hydrogen) atoms. The summed E-state index contributed by atoms with van der Waals surface area (Å²) in [4.78, 5) is 63.2. The van der Waals surface area contributed by atoms with Crippen molar-refractivity contribution in [3.8, 4) is 5.75 Å². The first kappa shape index (κ1) is 33.7. The molecule has 2 aromatic rings. The largest absolute Gasteiger partial charge is 0.493 e. The zero-order valence-electron chi connectivity index (χ0n) is 25.0. The molecule has 2 amide bonds. The van der Waals surface area contributed by atoms with Crippen molar-refractivity contribution in [2.45, 2.75) is 58.8 Å². The van der Waals surface area contributed by atoms with Crippen LogP contribution in [0.4, 0.5) is 13.2 Å². The van der Waals surface area contributed by atoms with Gasteiger partial charge in [-0.15, -0.1) is 0 Å². The second-order valence-electron chi connectivity index (χ2n) is 11.1. The molecule has 0 aliphatic carbocycles. The predicted octanol–water partition coefficient (Wildman–Crippen LogP) is 3.52. The van der Waals surface area contributed by atoms with E-state index in [1.807, 2.05) is 0 Å². The van der Waals surface area contributed by atoms with Gasteiger partial charge in [0.15, 0.2) is 5.78 Å². The quantitative estimate of drug-likeness (QED) is 0.219. The number of carbonyl (C=O) groups excluding carboxylic acids is 5. The molecule has 1 unspecified atom stereocenters. The minimum atomic E-state index is -5.38. The van der Waals surface area contributed by atoms with Crippen LogP contribution in [-0.4, -0.2) is 72.7 Å². The molecule has 2 aromatic carbocycles. The standard InChI is InChI=1S/C30H33F3N4O7/c1-7-43-23-11-17-13-37(24(34)19(17)12-20(23)25(39)35-6)14-22(38)16-8-9-18(21(10-16)29(3,4)5)26(40)36-15(2)27(41)44-28(42)30(31,32)33/h8-12,15,34H,7,13-14H2,1-6H3,(H,35,39)(H,36,40). The first-order valence-electron chi connectivity index (χ1n) is 13.6. The van der Waals surface area contributed by atoms with Gasteiger partial charge in [-0.1, -0.05) is 26.8 Å². The molecular formula is C30H33F3N4O7. The van der Waals surface area contributed by atoms with E-state index in [1.54, 1.807) is 44.7 Å². The summed E-state index contributed by atoms with van der Waals surface area (Å²) in [6.07, 6.45) is -5.38. The lowest BCUT2D eigenvalue weighted by Gasteiger charge is -2.24. The van der Waals surface area contributed by atoms with Gasteiger partial charge in [-0.2, -0.15) is 13.2 Å². The van der Waals surface area contributed by atoms with Gasteiger partial charge in [0.2, 0.25) is 0 Å². The Morgan fingerprint density at radius 2 is 1.68 bits per heavy atom. The number of amidine groups is 1. The van der Waals surface area contributed by atoms with Crippen LogP contribution in [0, 0.1) is 5.41 Å². The van der Waals surface area contributed by atoms with E-state index in [0.29, 0.717) is 29.0 Å². The summed E-state index contributed by atoms with van der Waals surface area (Å²) >= 11 is 0. The van der Waals surface area contributed by atoms with Crippen LogP contribution < -0.4 is 15.4 Å². The Balaban J connectivity index is 1.81. The number of hydrogen-bond acceptors (Lipinski definition) is 8. The maximum Gasteiger partial charge on any atom is 0.491 e. The van der Waals surface area contributed by atoms with Gasteiger partial charge >= 0.3 is 18.1 Å². The highest BCUT2D eigenvalue weighted by molar-refractivity contribution is 6.08. The first-order valence-corrected chi connectivity index (χ1v) is 13.6. The van der Waals surface area contributed by atoms with Crippen LogP contribution in [0.15, 0.2) is 30.3 Å². The van der Waals surface area contributed by atoms with Gasteiger partial charge < -0.3 is 25.0 Å². The molecule has 0 radical (unpaired) electrons. The molecule has 0 saturated heterocycles. The zero-order valence-corrected chi connectivity index (χ0v) is 25.0. The topological polar surface area (TPSA) is 155 Å². The van der Waals surface area contributed by atoms with Crippen molar-refractivity contribution >= 4 is 35.4 Å². The van der Waals surface area contributed by atoms with Crippen LogP contribution >= 0.6 is 0 Å². The number of Topliss-reactive ketones (excluding diaryl/α,β-unsaturated/α-hetero) is 1. The normalized spacial score (nSPS) is 13.6. The number of benzene rings is 2. The molecule has 0 bridgehead atoms. The van der Waals surface area contributed by atoms with Crippen molar-refractivity contribution in [2.24, 2.45) is 0 Å². The van der Waals surface area contributed by atoms with Crippen LogP contribution in [0.2, 0.25) is 0 Å². The van der Waals surface area contributed by atoms with E-state index in [4.69, 9.17) is 10.1 Å².